The molecule has 2 N–H and O–H groups in total. The minimum atomic E-state index is 0.821. The molecule has 16 heavy (non-hydrogen) atoms. The second-order valence-corrected chi connectivity index (χ2v) is 4.72. The molecule has 1 aliphatic heterocycles. The van der Waals surface area contributed by atoms with E-state index in [4.69, 9.17) is 5.73 Å². The number of nitrogens with two attached hydrogens (primary N) is 1. The summed E-state index contributed by atoms with van der Waals surface area (Å²) in [5.74, 6) is 0.884. The van der Waals surface area contributed by atoms with Crippen LogP contribution < -0.4 is 5.73 Å². The van der Waals surface area contributed by atoms with Crippen LogP contribution in [0.2, 0.25) is 0 Å². The molecule has 2 rings (SSSR count). The summed E-state index contributed by atoms with van der Waals surface area (Å²) in [4.78, 5) is 6.82. The molecule has 88 valence electrons. The molecule has 0 amide bonds. The van der Waals surface area contributed by atoms with Crippen LogP contribution in [-0.4, -0.2) is 23.0 Å². The first-order valence-electron chi connectivity index (χ1n) is 6.21. The quantitative estimate of drug-likeness (QED) is 0.844. The van der Waals surface area contributed by atoms with Gasteiger partial charge in [0.1, 0.15) is 0 Å². The van der Waals surface area contributed by atoms with Crippen molar-refractivity contribution in [2.45, 2.75) is 32.7 Å². The third-order valence-corrected chi connectivity index (χ3v) is 3.37. The van der Waals surface area contributed by atoms with E-state index in [0.717, 1.165) is 23.8 Å². The van der Waals surface area contributed by atoms with Crippen molar-refractivity contribution in [3.05, 3.63) is 24.0 Å². The molecule has 0 aromatic carbocycles. The SMILES string of the molecule is CCCC1CCN(Cc2ncccc2N)C1. The van der Waals surface area contributed by atoms with Gasteiger partial charge in [-0.3, -0.25) is 9.88 Å². The highest BCUT2D eigenvalue weighted by atomic mass is 15.2. The van der Waals surface area contributed by atoms with Crippen LogP contribution >= 0.6 is 0 Å². The number of hydrogen-bond donors (Lipinski definition) is 1. The van der Waals surface area contributed by atoms with E-state index < -0.39 is 0 Å². The Kier molecular flexibility index (Phi) is 3.78. The summed E-state index contributed by atoms with van der Waals surface area (Å²) in [6.07, 6.45) is 5.81. The fourth-order valence-electron chi connectivity index (χ4n) is 2.49. The average Bonchev–Trinajstić information content (AvgIpc) is 2.70. The molecule has 3 heteroatoms. The standard InChI is InChI=1S/C13H21N3/c1-2-4-11-6-8-16(9-11)10-13-12(14)5-3-7-15-13/h3,5,7,11H,2,4,6,8-10,14H2,1H3. The molecule has 0 spiro atoms. The molecule has 0 aliphatic carbocycles. The highest BCUT2D eigenvalue weighted by Gasteiger charge is 2.22. The molecule has 1 aromatic heterocycles. The molecule has 0 saturated carbocycles. The van der Waals surface area contributed by atoms with Gasteiger partial charge in [-0.15, -0.1) is 0 Å². The zero-order valence-electron chi connectivity index (χ0n) is 10.0. The number of nitrogen functional groups attached to an aromatic ring is 1. The zero-order valence-corrected chi connectivity index (χ0v) is 10.0. The van der Waals surface area contributed by atoms with Gasteiger partial charge in [-0.1, -0.05) is 13.3 Å². The van der Waals surface area contributed by atoms with Gasteiger partial charge in [-0.2, -0.15) is 0 Å². The van der Waals surface area contributed by atoms with Gasteiger partial charge in [0.2, 0.25) is 0 Å². The summed E-state index contributed by atoms with van der Waals surface area (Å²) in [7, 11) is 0. The fraction of sp³-hybridized carbons (Fsp3) is 0.615. The first-order valence-corrected chi connectivity index (χ1v) is 6.21. The number of hydrogen-bond acceptors (Lipinski definition) is 3. The van der Waals surface area contributed by atoms with Crippen LogP contribution in [0.25, 0.3) is 0 Å². The Morgan fingerprint density at radius 2 is 2.44 bits per heavy atom. The lowest BCUT2D eigenvalue weighted by Crippen LogP contribution is -2.21. The summed E-state index contributed by atoms with van der Waals surface area (Å²) in [6, 6.07) is 3.82. The van der Waals surface area contributed by atoms with Gasteiger partial charge in [0.25, 0.3) is 0 Å². The molecule has 3 nitrogen and oxygen atoms in total. The van der Waals surface area contributed by atoms with E-state index in [1.54, 1.807) is 0 Å². The van der Waals surface area contributed by atoms with Crippen LogP contribution in [-0.2, 0) is 6.54 Å². The Hall–Kier alpha value is -1.09. The number of likely N-dealkylation sites (tertiary alicyclic amines) is 1. The van der Waals surface area contributed by atoms with Gasteiger partial charge in [-0.05, 0) is 37.4 Å². The Balaban J connectivity index is 1.90. The Morgan fingerprint density at radius 3 is 3.19 bits per heavy atom. The smallest absolute Gasteiger partial charge is 0.0772 e. The van der Waals surface area contributed by atoms with Crippen LogP contribution in [0.3, 0.4) is 0 Å². The Bertz CT molecular complexity index is 338. The molecule has 2 heterocycles. The van der Waals surface area contributed by atoms with E-state index in [2.05, 4.69) is 16.8 Å². The number of aromatic nitrogens is 1. The van der Waals surface area contributed by atoms with Crippen molar-refractivity contribution in [3.8, 4) is 0 Å². The first kappa shape index (κ1) is 11.4. The first-order chi connectivity index (χ1) is 7.79. The van der Waals surface area contributed by atoms with Gasteiger partial charge < -0.3 is 5.73 Å². The van der Waals surface area contributed by atoms with E-state index in [1.807, 2.05) is 18.3 Å². The van der Waals surface area contributed by atoms with E-state index >= 15 is 0 Å². The van der Waals surface area contributed by atoms with Crippen molar-refractivity contribution in [2.75, 3.05) is 18.8 Å². The molecule has 1 saturated heterocycles. The van der Waals surface area contributed by atoms with Gasteiger partial charge in [0.15, 0.2) is 0 Å². The maximum absolute atomic E-state index is 5.90. The van der Waals surface area contributed by atoms with Crippen molar-refractivity contribution >= 4 is 5.69 Å². The lowest BCUT2D eigenvalue weighted by molar-refractivity contribution is 0.310. The minimum Gasteiger partial charge on any atom is -0.397 e. The molecule has 1 fully saturated rings. The van der Waals surface area contributed by atoms with Crippen molar-refractivity contribution < 1.29 is 0 Å². The summed E-state index contributed by atoms with van der Waals surface area (Å²) in [6.45, 7) is 5.58. The third-order valence-electron chi connectivity index (χ3n) is 3.37. The highest BCUT2D eigenvalue weighted by Crippen LogP contribution is 2.23. The van der Waals surface area contributed by atoms with E-state index in [9.17, 15) is 0 Å². The van der Waals surface area contributed by atoms with Gasteiger partial charge >= 0.3 is 0 Å². The summed E-state index contributed by atoms with van der Waals surface area (Å²) in [5, 5.41) is 0. The van der Waals surface area contributed by atoms with Crippen LogP contribution in [0.1, 0.15) is 31.9 Å². The number of nitrogens with zero attached hydrogens (tertiary/aromatic N) is 2. The summed E-state index contributed by atoms with van der Waals surface area (Å²) < 4.78 is 0. The topological polar surface area (TPSA) is 42.2 Å². The summed E-state index contributed by atoms with van der Waals surface area (Å²) in [5.41, 5.74) is 7.75. The number of rotatable bonds is 4. The van der Waals surface area contributed by atoms with Crippen LogP contribution in [0.15, 0.2) is 18.3 Å². The second kappa shape index (κ2) is 5.30. The van der Waals surface area contributed by atoms with E-state index in [1.165, 1.54) is 32.4 Å². The predicted molar refractivity (Wildman–Crippen MR) is 66.9 cm³/mol. The maximum atomic E-state index is 5.90. The molecular weight excluding hydrogens is 198 g/mol. The monoisotopic (exact) mass is 219 g/mol. The fourth-order valence-corrected chi connectivity index (χ4v) is 2.49. The lowest BCUT2D eigenvalue weighted by atomic mass is 10.0. The largest absolute Gasteiger partial charge is 0.397 e. The van der Waals surface area contributed by atoms with Crippen molar-refractivity contribution in [1.82, 2.24) is 9.88 Å². The third kappa shape index (κ3) is 2.73. The molecule has 1 atom stereocenters. The van der Waals surface area contributed by atoms with Crippen LogP contribution in [0.5, 0.6) is 0 Å². The lowest BCUT2D eigenvalue weighted by Gasteiger charge is -2.16. The molecule has 1 aliphatic rings. The Labute approximate surface area is 97.7 Å². The van der Waals surface area contributed by atoms with Gasteiger partial charge in [0, 0.05) is 19.3 Å². The normalized spacial score (nSPS) is 21.4. The molecule has 0 radical (unpaired) electrons. The van der Waals surface area contributed by atoms with Crippen molar-refractivity contribution in [3.63, 3.8) is 0 Å². The molecule has 0 bridgehead atoms. The average molecular weight is 219 g/mol. The van der Waals surface area contributed by atoms with Gasteiger partial charge in [-0.25, -0.2) is 0 Å². The summed E-state index contributed by atoms with van der Waals surface area (Å²) >= 11 is 0. The number of pyridine rings is 1. The Morgan fingerprint density at radius 1 is 1.56 bits per heavy atom. The number of anilines is 1. The molecule has 1 aromatic rings. The van der Waals surface area contributed by atoms with E-state index in [-0.39, 0.29) is 0 Å². The van der Waals surface area contributed by atoms with Gasteiger partial charge in [0.05, 0.1) is 11.4 Å². The minimum absolute atomic E-state index is 0.821. The van der Waals surface area contributed by atoms with Crippen LogP contribution in [0.4, 0.5) is 5.69 Å². The molecular formula is C13H21N3. The van der Waals surface area contributed by atoms with Crippen molar-refractivity contribution in [2.24, 2.45) is 5.92 Å². The zero-order chi connectivity index (χ0) is 11.4. The maximum Gasteiger partial charge on any atom is 0.0772 e. The highest BCUT2D eigenvalue weighted by molar-refractivity contribution is 5.41. The van der Waals surface area contributed by atoms with E-state index in [0.29, 0.717) is 0 Å². The second-order valence-electron chi connectivity index (χ2n) is 4.72. The van der Waals surface area contributed by atoms with Crippen molar-refractivity contribution in [1.29, 1.82) is 0 Å². The van der Waals surface area contributed by atoms with Crippen LogP contribution in [0, 0.1) is 5.92 Å². The molecule has 1 unspecified atom stereocenters. The predicted octanol–water partition coefficient (Wildman–Crippen LogP) is 2.29.